The van der Waals surface area contributed by atoms with Gasteiger partial charge in [-0.05, 0) is 24.3 Å². The SMILES string of the molecule is CCC(=O)OC(C)Oc1ccc(C(N)=O)cc1. The van der Waals surface area contributed by atoms with Gasteiger partial charge in [0.2, 0.25) is 12.2 Å². The summed E-state index contributed by atoms with van der Waals surface area (Å²) in [6.07, 6.45) is -0.365. The first-order valence-corrected chi connectivity index (χ1v) is 5.29. The number of esters is 1. The predicted molar refractivity (Wildman–Crippen MR) is 61.4 cm³/mol. The molecule has 0 aromatic heterocycles. The summed E-state index contributed by atoms with van der Waals surface area (Å²) in [4.78, 5) is 21.8. The molecule has 0 heterocycles. The van der Waals surface area contributed by atoms with E-state index >= 15 is 0 Å². The molecule has 1 rings (SSSR count). The van der Waals surface area contributed by atoms with Crippen LogP contribution in [0.5, 0.6) is 5.75 Å². The van der Waals surface area contributed by atoms with Crippen LogP contribution in [0.3, 0.4) is 0 Å². The fraction of sp³-hybridized carbons (Fsp3) is 0.333. The van der Waals surface area contributed by atoms with Crippen molar-refractivity contribution in [1.29, 1.82) is 0 Å². The van der Waals surface area contributed by atoms with Crippen LogP contribution in [0.2, 0.25) is 0 Å². The van der Waals surface area contributed by atoms with Crippen LogP contribution in [0.25, 0.3) is 0 Å². The molecule has 1 aromatic carbocycles. The molecule has 1 atom stereocenters. The van der Waals surface area contributed by atoms with E-state index in [1.807, 2.05) is 0 Å². The van der Waals surface area contributed by atoms with Crippen molar-refractivity contribution in [2.75, 3.05) is 0 Å². The van der Waals surface area contributed by atoms with E-state index in [9.17, 15) is 9.59 Å². The minimum atomic E-state index is -0.665. The molecule has 0 spiro atoms. The fourth-order valence-corrected chi connectivity index (χ4v) is 1.18. The van der Waals surface area contributed by atoms with Gasteiger partial charge in [0, 0.05) is 18.9 Å². The molecule has 0 saturated carbocycles. The summed E-state index contributed by atoms with van der Waals surface area (Å²) in [6, 6.07) is 6.28. The zero-order valence-corrected chi connectivity index (χ0v) is 9.80. The Morgan fingerprint density at radius 1 is 1.29 bits per heavy atom. The van der Waals surface area contributed by atoms with Gasteiger partial charge < -0.3 is 15.2 Å². The second-order valence-corrected chi connectivity index (χ2v) is 3.42. The Morgan fingerprint density at radius 3 is 2.35 bits per heavy atom. The lowest BCUT2D eigenvalue weighted by Crippen LogP contribution is -2.20. The summed E-state index contributed by atoms with van der Waals surface area (Å²) in [7, 11) is 0. The molecule has 5 heteroatoms. The van der Waals surface area contributed by atoms with E-state index in [-0.39, 0.29) is 5.97 Å². The highest BCUT2D eigenvalue weighted by molar-refractivity contribution is 5.92. The highest BCUT2D eigenvalue weighted by Crippen LogP contribution is 2.14. The largest absolute Gasteiger partial charge is 0.455 e. The lowest BCUT2D eigenvalue weighted by atomic mass is 10.2. The number of hydrogen-bond donors (Lipinski definition) is 1. The quantitative estimate of drug-likeness (QED) is 0.621. The van der Waals surface area contributed by atoms with Crippen LogP contribution >= 0.6 is 0 Å². The Morgan fingerprint density at radius 2 is 1.88 bits per heavy atom. The van der Waals surface area contributed by atoms with Gasteiger partial charge in [0.05, 0.1) is 0 Å². The maximum Gasteiger partial charge on any atom is 0.308 e. The molecule has 17 heavy (non-hydrogen) atoms. The van der Waals surface area contributed by atoms with Gasteiger partial charge in [-0.25, -0.2) is 0 Å². The second-order valence-electron chi connectivity index (χ2n) is 3.42. The topological polar surface area (TPSA) is 78.6 Å². The molecule has 0 fully saturated rings. The first kappa shape index (κ1) is 13.0. The minimum Gasteiger partial charge on any atom is -0.455 e. The lowest BCUT2D eigenvalue weighted by Gasteiger charge is -2.14. The Balaban J connectivity index is 2.57. The lowest BCUT2D eigenvalue weighted by molar-refractivity contribution is -0.160. The molecule has 0 saturated heterocycles. The van der Waals surface area contributed by atoms with Crippen molar-refractivity contribution in [1.82, 2.24) is 0 Å². The normalized spacial score (nSPS) is 11.6. The third-order valence-corrected chi connectivity index (χ3v) is 2.03. The third-order valence-electron chi connectivity index (χ3n) is 2.03. The number of amides is 1. The molecule has 0 aliphatic rings. The third kappa shape index (κ3) is 4.14. The number of nitrogens with two attached hydrogens (primary N) is 1. The number of benzene rings is 1. The highest BCUT2D eigenvalue weighted by Gasteiger charge is 2.09. The number of ether oxygens (including phenoxy) is 2. The first-order valence-electron chi connectivity index (χ1n) is 5.29. The van der Waals surface area contributed by atoms with Crippen LogP contribution in [0, 0.1) is 0 Å². The molecule has 1 aromatic rings. The highest BCUT2D eigenvalue weighted by atomic mass is 16.7. The number of carbonyl (C=O) groups excluding carboxylic acids is 2. The Kier molecular flexibility index (Phi) is 4.51. The average Bonchev–Trinajstić information content (AvgIpc) is 2.29. The molecule has 1 amide bonds. The van der Waals surface area contributed by atoms with Crippen molar-refractivity contribution in [3.8, 4) is 5.75 Å². The minimum absolute atomic E-state index is 0.300. The molecule has 0 bridgehead atoms. The van der Waals surface area contributed by atoms with Gasteiger partial charge in [0.15, 0.2) is 0 Å². The summed E-state index contributed by atoms with van der Waals surface area (Å²) in [5.41, 5.74) is 5.50. The Hall–Kier alpha value is -2.04. The molecular formula is C12H15NO4. The molecule has 92 valence electrons. The predicted octanol–water partition coefficient (Wildman–Crippen LogP) is 1.46. The Labute approximate surface area is 99.5 Å². The summed E-state index contributed by atoms with van der Waals surface area (Å²) < 4.78 is 10.3. The van der Waals surface area contributed by atoms with Gasteiger partial charge in [0.1, 0.15) is 5.75 Å². The van der Waals surface area contributed by atoms with E-state index in [2.05, 4.69) is 0 Å². The van der Waals surface area contributed by atoms with Gasteiger partial charge in [-0.1, -0.05) is 6.92 Å². The van der Waals surface area contributed by atoms with Crippen LogP contribution in [-0.2, 0) is 9.53 Å². The number of hydrogen-bond acceptors (Lipinski definition) is 4. The zero-order chi connectivity index (χ0) is 12.8. The van der Waals surface area contributed by atoms with E-state index in [4.69, 9.17) is 15.2 Å². The Bertz CT molecular complexity index is 399. The van der Waals surface area contributed by atoms with Crippen molar-refractivity contribution >= 4 is 11.9 Å². The van der Waals surface area contributed by atoms with E-state index in [1.54, 1.807) is 38.1 Å². The summed E-state index contributed by atoms with van der Waals surface area (Å²) in [5.74, 6) is -0.320. The monoisotopic (exact) mass is 237 g/mol. The van der Waals surface area contributed by atoms with Crippen LogP contribution in [0.4, 0.5) is 0 Å². The standard InChI is InChI=1S/C12H15NO4/c1-3-11(14)17-8(2)16-10-6-4-9(5-7-10)12(13)15/h4-8H,3H2,1-2H3,(H2,13,15). The molecular weight excluding hydrogens is 222 g/mol. The van der Waals surface area contributed by atoms with Gasteiger partial charge in [-0.3, -0.25) is 9.59 Å². The van der Waals surface area contributed by atoms with Crippen LogP contribution in [0.1, 0.15) is 30.6 Å². The number of primary amides is 1. The summed E-state index contributed by atoms with van der Waals surface area (Å²) in [5, 5.41) is 0. The molecule has 0 aliphatic carbocycles. The van der Waals surface area contributed by atoms with Crippen molar-refractivity contribution in [3.63, 3.8) is 0 Å². The van der Waals surface area contributed by atoms with E-state index < -0.39 is 12.2 Å². The number of rotatable bonds is 5. The molecule has 0 radical (unpaired) electrons. The average molecular weight is 237 g/mol. The van der Waals surface area contributed by atoms with E-state index in [1.165, 1.54) is 0 Å². The van der Waals surface area contributed by atoms with Gasteiger partial charge in [-0.2, -0.15) is 0 Å². The molecule has 2 N–H and O–H groups in total. The van der Waals surface area contributed by atoms with Gasteiger partial charge in [-0.15, -0.1) is 0 Å². The van der Waals surface area contributed by atoms with E-state index in [0.29, 0.717) is 17.7 Å². The molecule has 1 unspecified atom stereocenters. The summed E-state index contributed by atoms with van der Waals surface area (Å²) in [6.45, 7) is 3.33. The van der Waals surface area contributed by atoms with Crippen molar-refractivity contribution in [2.45, 2.75) is 26.6 Å². The molecule has 5 nitrogen and oxygen atoms in total. The maximum absolute atomic E-state index is 11.0. The maximum atomic E-state index is 11.0. The van der Waals surface area contributed by atoms with Crippen LogP contribution in [0.15, 0.2) is 24.3 Å². The smallest absolute Gasteiger partial charge is 0.308 e. The van der Waals surface area contributed by atoms with Crippen LogP contribution < -0.4 is 10.5 Å². The number of carbonyl (C=O) groups is 2. The van der Waals surface area contributed by atoms with Crippen LogP contribution in [-0.4, -0.2) is 18.2 Å². The second kappa shape index (κ2) is 5.89. The van der Waals surface area contributed by atoms with Crippen molar-refractivity contribution in [2.24, 2.45) is 5.73 Å². The summed E-state index contributed by atoms with van der Waals surface area (Å²) >= 11 is 0. The van der Waals surface area contributed by atoms with Gasteiger partial charge >= 0.3 is 5.97 Å². The fourth-order valence-electron chi connectivity index (χ4n) is 1.18. The van der Waals surface area contributed by atoms with Gasteiger partial charge in [0.25, 0.3) is 0 Å². The zero-order valence-electron chi connectivity index (χ0n) is 9.80. The van der Waals surface area contributed by atoms with Crippen molar-refractivity contribution < 1.29 is 19.1 Å². The first-order chi connectivity index (χ1) is 8.02. The molecule has 0 aliphatic heterocycles. The van der Waals surface area contributed by atoms with E-state index in [0.717, 1.165) is 0 Å². The van der Waals surface area contributed by atoms with Crippen molar-refractivity contribution in [3.05, 3.63) is 29.8 Å².